The molecule has 3 aromatic rings. The van der Waals surface area contributed by atoms with Crippen LogP contribution < -0.4 is 0 Å². The van der Waals surface area contributed by atoms with Crippen molar-refractivity contribution in [1.29, 1.82) is 0 Å². The Bertz CT molecular complexity index is 866. The molecule has 0 bridgehead atoms. The topological polar surface area (TPSA) is 26.3 Å². The van der Waals surface area contributed by atoms with E-state index in [4.69, 9.17) is 4.74 Å². The first-order valence-electron chi connectivity index (χ1n) is 9.13. The Morgan fingerprint density at radius 2 is 1.00 bits per heavy atom. The van der Waals surface area contributed by atoms with Gasteiger partial charge in [-0.25, -0.2) is 9.18 Å². The maximum atomic E-state index is 12.9. The monoisotopic (exact) mass is 362 g/mol. The fourth-order valence-electron chi connectivity index (χ4n) is 3.03. The lowest BCUT2D eigenvalue weighted by atomic mass is 10.00. The molecule has 0 atom stereocenters. The normalized spacial score (nSPS) is 10.6. The molecule has 0 radical (unpaired) electrons. The number of carbonyl (C=O) groups is 1. The van der Waals surface area contributed by atoms with Crippen LogP contribution in [0.3, 0.4) is 0 Å². The molecule has 3 rings (SSSR count). The molecule has 0 spiro atoms. The Labute approximate surface area is 159 Å². The van der Waals surface area contributed by atoms with Crippen LogP contribution >= 0.6 is 0 Å². The molecular weight excluding hydrogens is 339 g/mol. The molecule has 0 N–H and O–H groups in total. The lowest BCUT2D eigenvalue weighted by Crippen LogP contribution is -2.01. The van der Waals surface area contributed by atoms with E-state index in [-0.39, 0.29) is 11.8 Å². The summed E-state index contributed by atoms with van der Waals surface area (Å²) in [6.07, 6.45) is 3.74. The van der Waals surface area contributed by atoms with E-state index >= 15 is 0 Å². The largest absolute Gasteiger partial charge is 0.465 e. The molecule has 3 aromatic carbocycles. The first-order chi connectivity index (χ1) is 13.1. The lowest BCUT2D eigenvalue weighted by Gasteiger charge is -2.06. The summed E-state index contributed by atoms with van der Waals surface area (Å²) in [5.41, 5.74) is 5.49. The van der Waals surface area contributed by atoms with Crippen LogP contribution in [-0.2, 0) is 30.4 Å². The molecule has 0 heterocycles. The summed E-state index contributed by atoms with van der Waals surface area (Å²) in [5, 5.41) is 0. The molecule has 0 aliphatic heterocycles. The standard InChI is InChI=1S/C24H23FO2/c1-27-24(26)22-14-10-20(11-15-22)8-6-18-2-4-19(5-3-18)7-9-21-12-16-23(25)17-13-21/h2-5,10-17H,6-9H2,1H3. The van der Waals surface area contributed by atoms with Crippen molar-refractivity contribution >= 4 is 5.97 Å². The van der Waals surface area contributed by atoms with E-state index in [9.17, 15) is 9.18 Å². The number of hydrogen-bond donors (Lipinski definition) is 0. The van der Waals surface area contributed by atoms with Gasteiger partial charge in [0.25, 0.3) is 0 Å². The third-order valence-electron chi connectivity index (χ3n) is 4.72. The van der Waals surface area contributed by atoms with E-state index < -0.39 is 0 Å². The van der Waals surface area contributed by atoms with Gasteiger partial charge >= 0.3 is 5.97 Å². The number of hydrogen-bond acceptors (Lipinski definition) is 2. The number of benzene rings is 3. The summed E-state index contributed by atoms with van der Waals surface area (Å²) < 4.78 is 17.7. The molecule has 0 aliphatic carbocycles. The molecule has 0 unspecified atom stereocenters. The van der Waals surface area contributed by atoms with Crippen molar-refractivity contribution in [2.75, 3.05) is 7.11 Å². The Morgan fingerprint density at radius 1 is 0.667 bits per heavy atom. The van der Waals surface area contributed by atoms with Crippen molar-refractivity contribution in [2.45, 2.75) is 25.7 Å². The Balaban J connectivity index is 1.50. The molecule has 2 nitrogen and oxygen atoms in total. The molecule has 0 aliphatic rings. The summed E-state index contributed by atoms with van der Waals surface area (Å²) >= 11 is 0. The molecule has 3 heteroatoms. The van der Waals surface area contributed by atoms with E-state index in [1.54, 1.807) is 12.1 Å². The summed E-state index contributed by atoms with van der Waals surface area (Å²) in [6.45, 7) is 0. The van der Waals surface area contributed by atoms with Gasteiger partial charge in [0.15, 0.2) is 0 Å². The summed E-state index contributed by atoms with van der Waals surface area (Å²) in [7, 11) is 1.39. The van der Waals surface area contributed by atoms with Gasteiger partial charge < -0.3 is 4.74 Å². The quantitative estimate of drug-likeness (QED) is 0.541. The predicted molar refractivity (Wildman–Crippen MR) is 105 cm³/mol. The Hall–Kier alpha value is -2.94. The van der Waals surface area contributed by atoms with Crippen LogP contribution in [0.2, 0.25) is 0 Å². The minimum absolute atomic E-state index is 0.192. The van der Waals surface area contributed by atoms with Crippen LogP contribution in [0.1, 0.15) is 32.6 Å². The van der Waals surface area contributed by atoms with Gasteiger partial charge in [0.1, 0.15) is 5.82 Å². The van der Waals surface area contributed by atoms with E-state index in [1.165, 1.54) is 35.9 Å². The minimum Gasteiger partial charge on any atom is -0.465 e. The SMILES string of the molecule is COC(=O)c1ccc(CCc2ccc(CCc3ccc(F)cc3)cc2)cc1. The molecule has 0 aromatic heterocycles. The van der Waals surface area contributed by atoms with Crippen LogP contribution in [0, 0.1) is 5.82 Å². The van der Waals surface area contributed by atoms with Crippen LogP contribution in [0.4, 0.5) is 4.39 Å². The predicted octanol–water partition coefficient (Wildman–Crippen LogP) is 5.18. The molecule has 0 saturated heterocycles. The number of rotatable bonds is 7. The van der Waals surface area contributed by atoms with Crippen LogP contribution in [0.15, 0.2) is 72.8 Å². The van der Waals surface area contributed by atoms with Crippen LogP contribution in [0.25, 0.3) is 0 Å². The Morgan fingerprint density at radius 3 is 1.37 bits per heavy atom. The van der Waals surface area contributed by atoms with Gasteiger partial charge in [-0.2, -0.15) is 0 Å². The molecular formula is C24H23FO2. The number of methoxy groups -OCH3 is 1. The molecule has 0 fully saturated rings. The average Bonchev–Trinajstić information content (AvgIpc) is 2.72. The van der Waals surface area contributed by atoms with Crippen LogP contribution in [0.5, 0.6) is 0 Å². The zero-order valence-electron chi connectivity index (χ0n) is 15.5. The van der Waals surface area contributed by atoms with Gasteiger partial charge in [0, 0.05) is 0 Å². The highest BCUT2D eigenvalue weighted by atomic mass is 19.1. The fourth-order valence-corrected chi connectivity index (χ4v) is 3.03. The maximum Gasteiger partial charge on any atom is 0.337 e. The van der Waals surface area contributed by atoms with E-state index in [0.29, 0.717) is 5.56 Å². The second-order valence-electron chi connectivity index (χ2n) is 6.63. The van der Waals surface area contributed by atoms with Gasteiger partial charge in [-0.05, 0) is 72.2 Å². The number of esters is 1. The van der Waals surface area contributed by atoms with Gasteiger partial charge in [-0.3, -0.25) is 0 Å². The first-order valence-corrected chi connectivity index (χ1v) is 9.13. The van der Waals surface area contributed by atoms with Gasteiger partial charge in [-0.1, -0.05) is 48.5 Å². The second-order valence-corrected chi connectivity index (χ2v) is 6.63. The van der Waals surface area contributed by atoms with E-state index in [2.05, 4.69) is 24.3 Å². The molecule has 0 saturated carbocycles. The number of aryl methyl sites for hydroxylation is 4. The number of halogens is 1. The van der Waals surface area contributed by atoms with Crippen molar-refractivity contribution in [3.8, 4) is 0 Å². The summed E-state index contributed by atoms with van der Waals surface area (Å²) in [6, 6.07) is 22.9. The maximum absolute atomic E-state index is 12.9. The van der Waals surface area contributed by atoms with E-state index in [0.717, 1.165) is 31.2 Å². The summed E-state index contributed by atoms with van der Waals surface area (Å²) in [4.78, 5) is 11.5. The van der Waals surface area contributed by atoms with E-state index in [1.807, 2.05) is 24.3 Å². The second kappa shape index (κ2) is 9.13. The van der Waals surface area contributed by atoms with Crippen molar-refractivity contribution in [3.63, 3.8) is 0 Å². The summed E-state index contributed by atoms with van der Waals surface area (Å²) in [5.74, 6) is -0.499. The highest BCUT2D eigenvalue weighted by Crippen LogP contribution is 2.13. The van der Waals surface area contributed by atoms with Gasteiger partial charge in [0.2, 0.25) is 0 Å². The third kappa shape index (κ3) is 5.52. The number of ether oxygens (including phenoxy) is 1. The lowest BCUT2D eigenvalue weighted by molar-refractivity contribution is 0.0600. The van der Waals surface area contributed by atoms with Crippen molar-refractivity contribution in [1.82, 2.24) is 0 Å². The number of carbonyl (C=O) groups excluding carboxylic acids is 1. The van der Waals surface area contributed by atoms with Crippen LogP contribution in [-0.4, -0.2) is 13.1 Å². The average molecular weight is 362 g/mol. The molecule has 138 valence electrons. The zero-order chi connectivity index (χ0) is 19.1. The van der Waals surface area contributed by atoms with Crippen molar-refractivity contribution < 1.29 is 13.9 Å². The van der Waals surface area contributed by atoms with Gasteiger partial charge in [-0.15, -0.1) is 0 Å². The van der Waals surface area contributed by atoms with Gasteiger partial charge in [0.05, 0.1) is 12.7 Å². The first kappa shape index (κ1) is 18.8. The zero-order valence-corrected chi connectivity index (χ0v) is 15.5. The van der Waals surface area contributed by atoms with Crippen molar-refractivity contribution in [3.05, 3.63) is 106 Å². The third-order valence-corrected chi connectivity index (χ3v) is 4.72. The Kier molecular flexibility index (Phi) is 6.37. The minimum atomic E-state index is -0.308. The smallest absolute Gasteiger partial charge is 0.337 e. The highest BCUT2D eigenvalue weighted by Gasteiger charge is 2.04. The fraction of sp³-hybridized carbons (Fsp3) is 0.208. The highest BCUT2D eigenvalue weighted by molar-refractivity contribution is 5.89. The molecule has 0 amide bonds. The molecule has 27 heavy (non-hydrogen) atoms. The van der Waals surface area contributed by atoms with Crippen molar-refractivity contribution in [2.24, 2.45) is 0 Å².